The normalized spacial score (nSPS) is 14.5. The molecule has 0 saturated carbocycles. The minimum atomic E-state index is 0.286. The molecule has 2 unspecified atom stereocenters. The highest BCUT2D eigenvalue weighted by molar-refractivity contribution is 9.10. The van der Waals surface area contributed by atoms with Crippen molar-refractivity contribution in [2.45, 2.75) is 25.9 Å². The van der Waals surface area contributed by atoms with E-state index in [-0.39, 0.29) is 6.04 Å². The third kappa shape index (κ3) is 3.37. The monoisotopic (exact) mass is 310 g/mol. The zero-order valence-corrected chi connectivity index (χ0v) is 12.3. The fourth-order valence-corrected chi connectivity index (χ4v) is 2.66. The lowest BCUT2D eigenvalue weighted by atomic mass is 10.1. The van der Waals surface area contributed by atoms with Gasteiger partial charge in [0.25, 0.3) is 0 Å². The summed E-state index contributed by atoms with van der Waals surface area (Å²) in [7, 11) is 0. The summed E-state index contributed by atoms with van der Waals surface area (Å²) in [6.45, 7) is 4.32. The van der Waals surface area contributed by atoms with Crippen LogP contribution in [-0.4, -0.2) is 4.98 Å². The molecule has 0 spiro atoms. The predicted octanol–water partition coefficient (Wildman–Crippen LogP) is 4.32. The first kappa shape index (κ1) is 12.7. The number of halogens is 1. The molecular weight excluding hydrogens is 296 g/mol. The van der Waals surface area contributed by atoms with Gasteiger partial charge < -0.3 is 5.32 Å². The summed E-state index contributed by atoms with van der Waals surface area (Å²) >= 11 is 5.14. The minimum absolute atomic E-state index is 0.286. The first-order valence-corrected chi connectivity index (χ1v) is 7.25. The van der Waals surface area contributed by atoms with Gasteiger partial charge in [-0.3, -0.25) is 0 Å². The molecule has 2 aromatic rings. The van der Waals surface area contributed by atoms with E-state index < -0.39 is 0 Å². The first-order chi connectivity index (χ1) is 8.16. The highest BCUT2D eigenvalue weighted by atomic mass is 79.9. The predicted molar refractivity (Wildman–Crippen MR) is 76.2 cm³/mol. The van der Waals surface area contributed by atoms with Crippen molar-refractivity contribution in [2.75, 3.05) is 0 Å². The molecule has 1 aromatic heterocycles. The number of nitrogens with zero attached hydrogens (tertiary/aromatic N) is 1. The Bertz CT molecular complexity index is 453. The Kier molecular flexibility index (Phi) is 4.31. The van der Waals surface area contributed by atoms with Gasteiger partial charge in [-0.1, -0.05) is 28.1 Å². The van der Waals surface area contributed by atoms with Crippen molar-refractivity contribution in [1.29, 1.82) is 0 Å². The number of rotatable bonds is 4. The molecule has 4 heteroatoms. The molecule has 1 N–H and O–H groups in total. The lowest BCUT2D eigenvalue weighted by Crippen LogP contribution is -2.22. The average Bonchev–Trinajstić information content (AvgIpc) is 2.83. The molecule has 90 valence electrons. The van der Waals surface area contributed by atoms with Crippen molar-refractivity contribution in [3.8, 4) is 0 Å². The Labute approximate surface area is 114 Å². The van der Waals surface area contributed by atoms with Crippen molar-refractivity contribution in [3.63, 3.8) is 0 Å². The number of hydrogen-bond donors (Lipinski definition) is 1. The zero-order chi connectivity index (χ0) is 12.3. The number of hydrogen-bond acceptors (Lipinski definition) is 3. The second-order valence-corrected chi connectivity index (χ2v) is 5.87. The minimum Gasteiger partial charge on any atom is -0.302 e. The van der Waals surface area contributed by atoms with E-state index in [4.69, 9.17) is 0 Å². The van der Waals surface area contributed by atoms with Crippen LogP contribution in [0.15, 0.2) is 40.3 Å². The van der Waals surface area contributed by atoms with Crippen LogP contribution in [0.25, 0.3) is 0 Å². The van der Waals surface area contributed by atoms with Gasteiger partial charge >= 0.3 is 0 Å². The van der Waals surface area contributed by atoms with Crippen LogP contribution in [0.1, 0.15) is 36.5 Å². The van der Waals surface area contributed by atoms with Gasteiger partial charge in [-0.25, -0.2) is 4.98 Å². The molecular formula is C13H15BrN2S. The standard InChI is InChI=1S/C13H15BrN2S/c1-9(11-3-5-12(14)6-4-11)16-10(2)13-15-7-8-17-13/h3-10,16H,1-2H3. The Balaban J connectivity index is 2.01. The molecule has 1 aromatic carbocycles. The Morgan fingerprint density at radius 3 is 2.47 bits per heavy atom. The molecule has 17 heavy (non-hydrogen) atoms. The van der Waals surface area contributed by atoms with Crippen LogP contribution < -0.4 is 5.32 Å². The van der Waals surface area contributed by atoms with Crippen LogP contribution >= 0.6 is 27.3 Å². The molecule has 2 atom stereocenters. The van der Waals surface area contributed by atoms with Crippen LogP contribution in [0.4, 0.5) is 0 Å². The van der Waals surface area contributed by atoms with E-state index >= 15 is 0 Å². The van der Waals surface area contributed by atoms with E-state index in [2.05, 4.69) is 64.3 Å². The lowest BCUT2D eigenvalue weighted by Gasteiger charge is -2.18. The molecule has 0 aliphatic heterocycles. The number of aromatic nitrogens is 1. The summed E-state index contributed by atoms with van der Waals surface area (Å²) in [6, 6.07) is 9.02. The largest absolute Gasteiger partial charge is 0.302 e. The van der Waals surface area contributed by atoms with Crippen LogP contribution in [0.2, 0.25) is 0 Å². The molecule has 2 rings (SSSR count). The lowest BCUT2D eigenvalue weighted by molar-refractivity contribution is 0.493. The van der Waals surface area contributed by atoms with Gasteiger partial charge in [0.2, 0.25) is 0 Å². The maximum atomic E-state index is 4.33. The number of nitrogens with one attached hydrogen (secondary N) is 1. The van der Waals surface area contributed by atoms with Crippen LogP contribution in [0.3, 0.4) is 0 Å². The Hall–Kier alpha value is -0.710. The Morgan fingerprint density at radius 1 is 1.18 bits per heavy atom. The SMILES string of the molecule is CC(NC(C)c1nccs1)c1ccc(Br)cc1. The van der Waals surface area contributed by atoms with E-state index in [1.807, 2.05) is 11.6 Å². The van der Waals surface area contributed by atoms with Crippen LogP contribution in [-0.2, 0) is 0 Å². The summed E-state index contributed by atoms with van der Waals surface area (Å²) in [6.07, 6.45) is 1.85. The van der Waals surface area contributed by atoms with E-state index in [1.54, 1.807) is 11.3 Å². The topological polar surface area (TPSA) is 24.9 Å². The maximum absolute atomic E-state index is 4.33. The summed E-state index contributed by atoms with van der Waals surface area (Å²) in [5.41, 5.74) is 1.29. The van der Waals surface area contributed by atoms with Gasteiger partial charge in [-0.05, 0) is 31.5 Å². The summed E-state index contributed by atoms with van der Waals surface area (Å²) in [5.74, 6) is 0. The molecule has 0 amide bonds. The molecule has 0 bridgehead atoms. The molecule has 1 heterocycles. The van der Waals surface area contributed by atoms with Gasteiger partial charge in [-0.2, -0.15) is 0 Å². The van der Waals surface area contributed by atoms with Crippen molar-refractivity contribution < 1.29 is 0 Å². The fraction of sp³-hybridized carbons (Fsp3) is 0.308. The number of benzene rings is 1. The van der Waals surface area contributed by atoms with E-state index in [9.17, 15) is 0 Å². The summed E-state index contributed by atoms with van der Waals surface area (Å²) in [4.78, 5) is 4.33. The average molecular weight is 311 g/mol. The van der Waals surface area contributed by atoms with Gasteiger partial charge in [-0.15, -0.1) is 11.3 Å². The molecule has 0 aliphatic carbocycles. The zero-order valence-electron chi connectivity index (χ0n) is 9.85. The van der Waals surface area contributed by atoms with Gasteiger partial charge in [0, 0.05) is 22.1 Å². The highest BCUT2D eigenvalue weighted by Crippen LogP contribution is 2.21. The fourth-order valence-electron chi connectivity index (χ4n) is 1.74. The Morgan fingerprint density at radius 2 is 1.88 bits per heavy atom. The van der Waals surface area contributed by atoms with E-state index in [0.29, 0.717) is 6.04 Å². The molecule has 0 radical (unpaired) electrons. The van der Waals surface area contributed by atoms with Crippen molar-refractivity contribution in [3.05, 3.63) is 50.9 Å². The van der Waals surface area contributed by atoms with E-state index in [0.717, 1.165) is 9.48 Å². The van der Waals surface area contributed by atoms with E-state index in [1.165, 1.54) is 5.56 Å². The first-order valence-electron chi connectivity index (χ1n) is 5.57. The third-order valence-electron chi connectivity index (χ3n) is 2.69. The summed E-state index contributed by atoms with van der Waals surface area (Å²) in [5, 5.41) is 6.70. The van der Waals surface area contributed by atoms with Crippen molar-refractivity contribution in [1.82, 2.24) is 10.3 Å². The van der Waals surface area contributed by atoms with Crippen LogP contribution in [0, 0.1) is 0 Å². The molecule has 0 saturated heterocycles. The van der Waals surface area contributed by atoms with Gasteiger partial charge in [0.05, 0.1) is 6.04 Å². The summed E-state index contributed by atoms with van der Waals surface area (Å²) < 4.78 is 1.11. The smallest absolute Gasteiger partial charge is 0.109 e. The third-order valence-corrected chi connectivity index (χ3v) is 4.18. The second-order valence-electron chi connectivity index (χ2n) is 4.03. The molecule has 2 nitrogen and oxygen atoms in total. The maximum Gasteiger partial charge on any atom is 0.109 e. The number of thiazole rings is 1. The van der Waals surface area contributed by atoms with Gasteiger partial charge in [0.15, 0.2) is 0 Å². The van der Waals surface area contributed by atoms with Gasteiger partial charge in [0.1, 0.15) is 5.01 Å². The quantitative estimate of drug-likeness (QED) is 0.909. The molecule has 0 fully saturated rings. The second kappa shape index (κ2) is 5.76. The highest BCUT2D eigenvalue weighted by Gasteiger charge is 2.12. The van der Waals surface area contributed by atoms with Crippen LogP contribution in [0.5, 0.6) is 0 Å². The molecule has 0 aliphatic rings. The van der Waals surface area contributed by atoms with Crippen molar-refractivity contribution in [2.24, 2.45) is 0 Å². The van der Waals surface area contributed by atoms with Crippen molar-refractivity contribution >= 4 is 27.3 Å².